The van der Waals surface area contributed by atoms with Crippen LogP contribution in [0.4, 0.5) is 0 Å². The topological polar surface area (TPSA) is 82.7 Å². The fourth-order valence-corrected chi connectivity index (χ4v) is 3.46. The molecule has 0 bridgehead atoms. The first-order valence-electron chi connectivity index (χ1n) is 8.11. The van der Waals surface area contributed by atoms with Crippen molar-refractivity contribution < 1.29 is 4.79 Å². The lowest BCUT2D eigenvalue weighted by atomic mass is 10.0. The van der Waals surface area contributed by atoms with Crippen LogP contribution < -0.4 is 10.6 Å². The van der Waals surface area contributed by atoms with Gasteiger partial charge in [0, 0.05) is 18.7 Å². The Balaban J connectivity index is 1.61. The lowest BCUT2D eigenvalue weighted by Crippen LogP contribution is -2.49. The van der Waals surface area contributed by atoms with Gasteiger partial charge >= 0.3 is 0 Å². The van der Waals surface area contributed by atoms with Crippen LogP contribution in [0.2, 0.25) is 0 Å². The zero-order valence-electron chi connectivity index (χ0n) is 12.8. The van der Waals surface area contributed by atoms with E-state index in [0.717, 1.165) is 43.6 Å². The molecule has 2 aromatic rings. The number of pyridine rings is 1. The first kappa shape index (κ1) is 13.7. The normalized spacial score (nSPS) is 22.9. The molecule has 1 saturated heterocycles. The second-order valence-electron chi connectivity index (χ2n) is 6.35. The molecule has 1 amide bonds. The van der Waals surface area contributed by atoms with Crippen molar-refractivity contribution in [3.8, 4) is 0 Å². The number of hydrogen-bond acceptors (Lipinski definition) is 4. The van der Waals surface area contributed by atoms with Gasteiger partial charge in [0.05, 0.1) is 16.6 Å². The minimum Gasteiger partial charge on any atom is -0.345 e. The highest BCUT2D eigenvalue weighted by Gasteiger charge is 2.51. The molecule has 2 aliphatic rings. The third-order valence-corrected chi connectivity index (χ3v) is 4.90. The predicted molar refractivity (Wildman–Crippen MR) is 83.7 cm³/mol. The molecule has 0 aromatic carbocycles. The number of carbonyl (C=O) groups is 1. The van der Waals surface area contributed by atoms with Gasteiger partial charge in [-0.25, -0.2) is 9.97 Å². The summed E-state index contributed by atoms with van der Waals surface area (Å²) in [6, 6.07) is 2.19. The summed E-state index contributed by atoms with van der Waals surface area (Å²) in [7, 11) is 0. The molecule has 6 nitrogen and oxygen atoms in total. The van der Waals surface area contributed by atoms with E-state index in [9.17, 15) is 4.79 Å². The molecule has 1 aliphatic carbocycles. The van der Waals surface area contributed by atoms with Crippen LogP contribution in [0.15, 0.2) is 12.3 Å². The van der Waals surface area contributed by atoms with Crippen molar-refractivity contribution in [3.63, 3.8) is 0 Å². The Morgan fingerprint density at radius 2 is 2.36 bits per heavy atom. The quantitative estimate of drug-likeness (QED) is 0.799. The molecule has 4 rings (SSSR count). The van der Waals surface area contributed by atoms with Crippen LogP contribution in [-0.2, 0) is 6.42 Å². The second kappa shape index (κ2) is 5.05. The van der Waals surface area contributed by atoms with Crippen LogP contribution in [0.1, 0.15) is 48.8 Å². The average molecular weight is 299 g/mol. The van der Waals surface area contributed by atoms with Crippen molar-refractivity contribution in [2.75, 3.05) is 6.54 Å². The highest BCUT2D eigenvalue weighted by atomic mass is 16.1. The Hall–Kier alpha value is -1.95. The molecule has 2 aromatic heterocycles. The summed E-state index contributed by atoms with van der Waals surface area (Å²) < 4.78 is 0. The Bertz CT molecular complexity index is 712. The molecule has 3 heterocycles. The molecule has 6 heteroatoms. The van der Waals surface area contributed by atoms with Gasteiger partial charge in [-0.05, 0) is 38.3 Å². The number of carbonyl (C=O) groups excluding carboxylic acids is 1. The molecule has 0 spiro atoms. The van der Waals surface area contributed by atoms with Crippen molar-refractivity contribution >= 4 is 17.1 Å². The molecule has 0 radical (unpaired) electrons. The molecule has 1 saturated carbocycles. The number of nitrogens with zero attached hydrogens (tertiary/aromatic N) is 2. The van der Waals surface area contributed by atoms with Crippen molar-refractivity contribution in [1.82, 2.24) is 25.6 Å². The first-order chi connectivity index (χ1) is 10.7. The number of aromatic nitrogens is 3. The van der Waals surface area contributed by atoms with E-state index in [-0.39, 0.29) is 11.4 Å². The van der Waals surface area contributed by atoms with E-state index in [4.69, 9.17) is 0 Å². The standard InChI is InChI=1S/C16H21N5O/c1-2-12-19-13-10(5-9-18-14(13)20-12)15(22)21-16(6-7-16)11-4-3-8-17-11/h5,9,11,17H,2-4,6-8H2,1H3,(H,21,22)(H,18,19,20). The van der Waals surface area contributed by atoms with Gasteiger partial charge in [0.25, 0.3) is 5.91 Å². The van der Waals surface area contributed by atoms with E-state index in [0.29, 0.717) is 17.3 Å². The van der Waals surface area contributed by atoms with E-state index in [1.165, 1.54) is 6.42 Å². The van der Waals surface area contributed by atoms with Gasteiger partial charge in [-0.1, -0.05) is 6.92 Å². The third-order valence-electron chi connectivity index (χ3n) is 4.90. The molecule has 1 aliphatic heterocycles. The van der Waals surface area contributed by atoms with E-state index in [2.05, 4.69) is 25.6 Å². The van der Waals surface area contributed by atoms with E-state index >= 15 is 0 Å². The maximum absolute atomic E-state index is 12.8. The maximum atomic E-state index is 12.8. The van der Waals surface area contributed by atoms with Gasteiger partial charge in [-0.15, -0.1) is 0 Å². The number of amides is 1. The lowest BCUT2D eigenvalue weighted by Gasteiger charge is -2.24. The maximum Gasteiger partial charge on any atom is 0.254 e. The van der Waals surface area contributed by atoms with Gasteiger partial charge in [0.15, 0.2) is 5.65 Å². The zero-order chi connectivity index (χ0) is 15.2. The molecule has 116 valence electrons. The van der Waals surface area contributed by atoms with Gasteiger partial charge < -0.3 is 15.6 Å². The zero-order valence-corrected chi connectivity index (χ0v) is 12.8. The molecule has 1 atom stereocenters. The molecule has 1 unspecified atom stereocenters. The number of aromatic amines is 1. The van der Waals surface area contributed by atoms with Crippen LogP contribution >= 0.6 is 0 Å². The monoisotopic (exact) mass is 299 g/mol. The SMILES string of the molecule is CCc1nc2nccc(C(=O)NC3(C4CCCN4)CC3)c2[nH]1. The number of imidazole rings is 1. The van der Waals surface area contributed by atoms with Crippen molar-refractivity contribution in [2.24, 2.45) is 0 Å². The molecule has 22 heavy (non-hydrogen) atoms. The molecular formula is C16H21N5O. The number of nitrogens with one attached hydrogen (secondary N) is 3. The second-order valence-corrected chi connectivity index (χ2v) is 6.35. The van der Waals surface area contributed by atoms with E-state index in [1.807, 2.05) is 6.92 Å². The predicted octanol–water partition coefficient (Wildman–Crippen LogP) is 1.53. The van der Waals surface area contributed by atoms with E-state index < -0.39 is 0 Å². The molecular weight excluding hydrogens is 278 g/mol. The largest absolute Gasteiger partial charge is 0.345 e. The van der Waals surface area contributed by atoms with Gasteiger partial charge in [-0.3, -0.25) is 4.79 Å². The van der Waals surface area contributed by atoms with Gasteiger partial charge in [-0.2, -0.15) is 0 Å². The minimum absolute atomic E-state index is 0.0232. The van der Waals surface area contributed by atoms with Gasteiger partial charge in [0.1, 0.15) is 5.82 Å². The summed E-state index contributed by atoms with van der Waals surface area (Å²) >= 11 is 0. The molecule has 2 fully saturated rings. The van der Waals surface area contributed by atoms with Gasteiger partial charge in [0.2, 0.25) is 0 Å². The average Bonchev–Trinajstić information content (AvgIpc) is 2.97. The smallest absolute Gasteiger partial charge is 0.254 e. The lowest BCUT2D eigenvalue weighted by molar-refractivity contribution is 0.0923. The summed E-state index contributed by atoms with van der Waals surface area (Å²) in [5.74, 6) is 0.839. The molecule has 3 N–H and O–H groups in total. The van der Waals surface area contributed by atoms with Crippen molar-refractivity contribution in [1.29, 1.82) is 0 Å². The van der Waals surface area contributed by atoms with Crippen LogP contribution in [0.5, 0.6) is 0 Å². The Morgan fingerprint density at radius 3 is 3.05 bits per heavy atom. The van der Waals surface area contributed by atoms with Crippen LogP contribution in [0, 0.1) is 0 Å². The highest BCUT2D eigenvalue weighted by Crippen LogP contribution is 2.42. The number of rotatable bonds is 4. The third kappa shape index (κ3) is 2.18. The number of fused-ring (bicyclic) bond motifs is 1. The van der Waals surface area contributed by atoms with Crippen LogP contribution in [0.25, 0.3) is 11.2 Å². The summed E-state index contributed by atoms with van der Waals surface area (Å²) in [4.78, 5) is 24.6. The summed E-state index contributed by atoms with van der Waals surface area (Å²) in [6.45, 7) is 3.09. The Morgan fingerprint density at radius 1 is 1.50 bits per heavy atom. The fraction of sp³-hybridized carbons (Fsp3) is 0.562. The van der Waals surface area contributed by atoms with E-state index in [1.54, 1.807) is 12.3 Å². The summed E-state index contributed by atoms with van der Waals surface area (Å²) in [5, 5.41) is 6.79. The fourth-order valence-electron chi connectivity index (χ4n) is 3.46. The van der Waals surface area contributed by atoms with Crippen LogP contribution in [0.3, 0.4) is 0 Å². The Labute approximate surface area is 129 Å². The highest BCUT2D eigenvalue weighted by molar-refractivity contribution is 6.04. The number of H-pyrrole nitrogens is 1. The Kier molecular flexibility index (Phi) is 3.14. The van der Waals surface area contributed by atoms with Crippen molar-refractivity contribution in [2.45, 2.75) is 50.6 Å². The van der Waals surface area contributed by atoms with Crippen molar-refractivity contribution in [3.05, 3.63) is 23.7 Å². The minimum atomic E-state index is -0.0449. The van der Waals surface area contributed by atoms with Crippen LogP contribution in [-0.4, -0.2) is 39.0 Å². The number of hydrogen-bond donors (Lipinski definition) is 3. The summed E-state index contributed by atoms with van der Waals surface area (Å²) in [6.07, 6.45) is 6.93. The summed E-state index contributed by atoms with van der Waals surface area (Å²) in [5.41, 5.74) is 1.96. The number of aryl methyl sites for hydroxylation is 1. The first-order valence-corrected chi connectivity index (χ1v) is 8.11.